The summed E-state index contributed by atoms with van der Waals surface area (Å²) >= 11 is 0. The van der Waals surface area contributed by atoms with Gasteiger partial charge < -0.3 is 11.1 Å². The molecule has 0 aliphatic heterocycles. The molecule has 0 spiro atoms. The van der Waals surface area contributed by atoms with E-state index in [0.29, 0.717) is 37.2 Å². The van der Waals surface area contributed by atoms with Crippen LogP contribution in [-0.4, -0.2) is 44.3 Å². The molecule has 0 saturated heterocycles. The number of nitrogens with one attached hydrogen (secondary N) is 1. The van der Waals surface area contributed by atoms with Crippen LogP contribution in [0.4, 0.5) is 0 Å². The average Bonchev–Trinajstić information content (AvgIpc) is 2.47. The quantitative estimate of drug-likeness (QED) is 0.723. The lowest BCUT2D eigenvalue weighted by Gasteiger charge is -2.20. The summed E-state index contributed by atoms with van der Waals surface area (Å²) < 4.78 is 26.7. The highest BCUT2D eigenvalue weighted by atomic mass is 35.5. The number of hydrogen-bond donors (Lipinski definition) is 2. The molecule has 1 amide bonds. The van der Waals surface area contributed by atoms with E-state index in [9.17, 15) is 13.2 Å². The third-order valence-corrected chi connectivity index (χ3v) is 5.85. The Balaban J connectivity index is 0.00000529. The van der Waals surface area contributed by atoms with Gasteiger partial charge >= 0.3 is 0 Å². The van der Waals surface area contributed by atoms with Crippen LogP contribution in [0.25, 0.3) is 0 Å². The lowest BCUT2D eigenvalue weighted by atomic mass is 10.1. The second kappa shape index (κ2) is 9.98. The van der Waals surface area contributed by atoms with Crippen molar-refractivity contribution in [3.8, 4) is 0 Å². The largest absolute Gasteiger partial charge is 0.352 e. The maximum Gasteiger partial charge on any atom is 0.251 e. The zero-order valence-electron chi connectivity index (χ0n) is 14.7. The fourth-order valence-corrected chi connectivity index (χ4v) is 3.95. The van der Waals surface area contributed by atoms with Gasteiger partial charge in [-0.2, -0.15) is 4.31 Å². The van der Waals surface area contributed by atoms with Gasteiger partial charge in [0.15, 0.2) is 0 Å². The summed E-state index contributed by atoms with van der Waals surface area (Å²) in [7, 11) is -3.59. The first-order chi connectivity index (χ1) is 10.7. The van der Waals surface area contributed by atoms with Crippen LogP contribution >= 0.6 is 12.4 Å². The number of amides is 1. The van der Waals surface area contributed by atoms with Gasteiger partial charge in [0.25, 0.3) is 5.91 Å². The molecule has 24 heavy (non-hydrogen) atoms. The minimum Gasteiger partial charge on any atom is -0.352 e. The third kappa shape index (κ3) is 5.73. The molecular formula is C16H28ClN3O3S. The first-order valence-electron chi connectivity index (χ1n) is 7.88. The van der Waals surface area contributed by atoms with Crippen molar-refractivity contribution < 1.29 is 13.2 Å². The van der Waals surface area contributed by atoms with E-state index in [4.69, 9.17) is 5.73 Å². The number of aryl methyl sites for hydroxylation is 1. The van der Waals surface area contributed by atoms with Gasteiger partial charge in [0, 0.05) is 31.2 Å². The molecule has 0 aliphatic carbocycles. The Morgan fingerprint density at radius 3 is 2.38 bits per heavy atom. The number of rotatable bonds is 8. The molecular weight excluding hydrogens is 350 g/mol. The molecule has 0 aromatic heterocycles. The minimum atomic E-state index is -3.59. The summed E-state index contributed by atoms with van der Waals surface area (Å²) in [4.78, 5) is 12.3. The molecule has 6 nitrogen and oxygen atoms in total. The van der Waals surface area contributed by atoms with Crippen LogP contribution in [0.5, 0.6) is 0 Å². The zero-order chi connectivity index (χ0) is 17.6. The molecule has 1 atom stereocenters. The summed E-state index contributed by atoms with van der Waals surface area (Å²) in [6.45, 7) is 8.43. The van der Waals surface area contributed by atoms with E-state index in [1.165, 1.54) is 10.4 Å². The molecule has 0 fully saturated rings. The maximum atomic E-state index is 12.7. The van der Waals surface area contributed by atoms with Gasteiger partial charge in [-0.3, -0.25) is 4.79 Å². The topological polar surface area (TPSA) is 92.5 Å². The molecule has 0 bridgehead atoms. The minimum absolute atomic E-state index is 0. The van der Waals surface area contributed by atoms with Gasteiger partial charge in [0.1, 0.15) is 0 Å². The molecule has 0 aliphatic rings. The van der Waals surface area contributed by atoms with Gasteiger partial charge in [-0.05, 0) is 38.0 Å². The van der Waals surface area contributed by atoms with E-state index in [0.717, 1.165) is 0 Å². The monoisotopic (exact) mass is 377 g/mol. The van der Waals surface area contributed by atoms with E-state index in [1.54, 1.807) is 32.9 Å². The molecule has 8 heteroatoms. The summed E-state index contributed by atoms with van der Waals surface area (Å²) in [5, 5.41) is 2.76. The number of benzene rings is 1. The van der Waals surface area contributed by atoms with Gasteiger partial charge in [0.05, 0.1) is 4.90 Å². The number of carbonyl (C=O) groups is 1. The molecule has 1 aromatic rings. The standard InChI is InChI=1S/C16H27N3O3S.ClH/c1-5-19(6-2)23(21,22)15-11-14(8-7-12(15)3)16(20)18-10-9-13(4)17;/h7-8,11,13H,5-6,9-10,17H2,1-4H3,(H,18,20);1H. The fraction of sp³-hybridized carbons (Fsp3) is 0.562. The highest BCUT2D eigenvalue weighted by Gasteiger charge is 2.24. The first kappa shape index (κ1) is 22.9. The van der Waals surface area contributed by atoms with Crippen molar-refractivity contribution in [1.29, 1.82) is 0 Å². The highest BCUT2D eigenvalue weighted by Crippen LogP contribution is 2.21. The summed E-state index contributed by atoms with van der Waals surface area (Å²) in [6.07, 6.45) is 0.669. The van der Waals surface area contributed by atoms with E-state index < -0.39 is 10.0 Å². The van der Waals surface area contributed by atoms with Crippen LogP contribution in [-0.2, 0) is 10.0 Å². The van der Waals surface area contributed by atoms with Gasteiger partial charge in [-0.25, -0.2) is 8.42 Å². The molecule has 0 radical (unpaired) electrons. The second-order valence-corrected chi connectivity index (χ2v) is 7.50. The van der Waals surface area contributed by atoms with E-state index in [-0.39, 0.29) is 29.3 Å². The number of sulfonamides is 1. The van der Waals surface area contributed by atoms with Crippen molar-refractivity contribution in [2.24, 2.45) is 5.73 Å². The van der Waals surface area contributed by atoms with E-state index in [2.05, 4.69) is 5.32 Å². The van der Waals surface area contributed by atoms with Crippen LogP contribution in [0, 0.1) is 6.92 Å². The van der Waals surface area contributed by atoms with Crippen molar-refractivity contribution in [1.82, 2.24) is 9.62 Å². The predicted octanol–water partition coefficient (Wildman–Crippen LogP) is 1.91. The Hall–Kier alpha value is -1.15. The fourth-order valence-electron chi connectivity index (χ4n) is 2.24. The normalized spacial score (nSPS) is 12.6. The van der Waals surface area contributed by atoms with Crippen LogP contribution in [0.15, 0.2) is 23.1 Å². The van der Waals surface area contributed by atoms with E-state index in [1.807, 2.05) is 6.92 Å². The average molecular weight is 378 g/mol. The molecule has 138 valence electrons. The lowest BCUT2D eigenvalue weighted by molar-refractivity contribution is 0.0952. The maximum absolute atomic E-state index is 12.7. The van der Waals surface area contributed by atoms with Crippen LogP contribution < -0.4 is 11.1 Å². The van der Waals surface area contributed by atoms with Gasteiger partial charge in [0.2, 0.25) is 10.0 Å². The molecule has 0 saturated carbocycles. The third-order valence-electron chi connectivity index (χ3n) is 3.66. The molecule has 1 aromatic carbocycles. The lowest BCUT2D eigenvalue weighted by Crippen LogP contribution is -2.32. The number of hydrogen-bond acceptors (Lipinski definition) is 4. The summed E-state index contributed by atoms with van der Waals surface area (Å²) in [5.41, 5.74) is 6.61. The number of nitrogens with two attached hydrogens (primary N) is 1. The number of halogens is 1. The van der Waals surface area contributed by atoms with E-state index >= 15 is 0 Å². The predicted molar refractivity (Wildman–Crippen MR) is 99.1 cm³/mol. The van der Waals surface area contributed by atoms with Gasteiger partial charge in [-0.1, -0.05) is 19.9 Å². The van der Waals surface area contributed by atoms with Crippen LogP contribution in [0.3, 0.4) is 0 Å². The Labute approximate surface area is 151 Å². The molecule has 1 rings (SSSR count). The van der Waals surface area contributed by atoms with Crippen LogP contribution in [0.2, 0.25) is 0 Å². The van der Waals surface area contributed by atoms with Crippen LogP contribution in [0.1, 0.15) is 43.1 Å². The zero-order valence-corrected chi connectivity index (χ0v) is 16.3. The molecule has 1 unspecified atom stereocenters. The highest BCUT2D eigenvalue weighted by molar-refractivity contribution is 7.89. The van der Waals surface area contributed by atoms with Crippen molar-refractivity contribution in [3.05, 3.63) is 29.3 Å². The Morgan fingerprint density at radius 2 is 1.88 bits per heavy atom. The number of nitrogens with zero attached hydrogens (tertiary/aromatic N) is 1. The Kier molecular flexibility index (Phi) is 9.50. The Bertz CT molecular complexity index is 644. The second-order valence-electron chi connectivity index (χ2n) is 5.59. The SMILES string of the molecule is CCN(CC)S(=O)(=O)c1cc(C(=O)NCCC(C)N)ccc1C.Cl. The molecule has 0 heterocycles. The van der Waals surface area contributed by atoms with Crippen molar-refractivity contribution in [2.75, 3.05) is 19.6 Å². The first-order valence-corrected chi connectivity index (χ1v) is 9.32. The summed E-state index contributed by atoms with van der Waals surface area (Å²) in [5.74, 6) is -0.290. The van der Waals surface area contributed by atoms with Crippen molar-refractivity contribution in [2.45, 2.75) is 45.1 Å². The Morgan fingerprint density at radius 1 is 1.29 bits per heavy atom. The van der Waals surface area contributed by atoms with Crippen molar-refractivity contribution >= 4 is 28.3 Å². The molecule has 3 N–H and O–H groups in total. The summed E-state index contributed by atoms with van der Waals surface area (Å²) in [6, 6.07) is 4.76. The van der Waals surface area contributed by atoms with Crippen molar-refractivity contribution in [3.63, 3.8) is 0 Å². The smallest absolute Gasteiger partial charge is 0.251 e. The van der Waals surface area contributed by atoms with Gasteiger partial charge in [-0.15, -0.1) is 12.4 Å². The number of carbonyl (C=O) groups excluding carboxylic acids is 1.